The zero-order chi connectivity index (χ0) is 19.4. The molecule has 3 rings (SSSR count). The summed E-state index contributed by atoms with van der Waals surface area (Å²) in [6.07, 6.45) is 5.64. The maximum atomic E-state index is 12.3. The zero-order valence-electron chi connectivity index (χ0n) is 15.7. The van der Waals surface area contributed by atoms with Crippen LogP contribution in [0.5, 0.6) is 0 Å². The topological polar surface area (TPSA) is 95.2 Å². The highest BCUT2D eigenvalue weighted by Gasteiger charge is 2.24. The number of rotatable bonds is 6. The molecule has 0 unspecified atom stereocenters. The van der Waals surface area contributed by atoms with Gasteiger partial charge in [-0.3, -0.25) is 9.89 Å². The van der Waals surface area contributed by atoms with Crippen molar-refractivity contribution in [1.82, 2.24) is 19.8 Å². The number of benzene rings is 1. The standard InChI is InChI=1S/C19H26N4O3S/c1-14-18(13-21-22-14)12-20-19(24)17-5-3-15(4-6-17)11-16-7-9-23(10-8-16)27(2,25)26/h3-6,13,16H,7-12H2,1-2H3,(H,20,24)(H,21,22). The fraction of sp³-hybridized carbons (Fsp3) is 0.474. The van der Waals surface area contributed by atoms with Crippen molar-refractivity contribution in [3.8, 4) is 0 Å². The second kappa shape index (κ2) is 8.22. The molecule has 0 saturated carbocycles. The minimum absolute atomic E-state index is 0.108. The number of carbonyl (C=O) groups is 1. The van der Waals surface area contributed by atoms with E-state index in [1.807, 2.05) is 31.2 Å². The van der Waals surface area contributed by atoms with Crippen molar-refractivity contribution in [3.63, 3.8) is 0 Å². The number of sulfonamides is 1. The molecule has 2 N–H and O–H groups in total. The van der Waals surface area contributed by atoms with Gasteiger partial charge in [0.1, 0.15) is 0 Å². The molecule has 0 bridgehead atoms. The summed E-state index contributed by atoms with van der Waals surface area (Å²) in [5.74, 6) is 0.371. The number of aromatic nitrogens is 2. The molecule has 1 fully saturated rings. The predicted octanol–water partition coefficient (Wildman–Crippen LogP) is 1.86. The van der Waals surface area contributed by atoms with Crippen LogP contribution in [0.2, 0.25) is 0 Å². The molecule has 1 amide bonds. The average molecular weight is 391 g/mol. The van der Waals surface area contributed by atoms with E-state index in [4.69, 9.17) is 0 Å². The van der Waals surface area contributed by atoms with Crippen LogP contribution in [0.25, 0.3) is 0 Å². The molecular formula is C19H26N4O3S. The summed E-state index contributed by atoms with van der Waals surface area (Å²) in [6, 6.07) is 7.67. The molecule has 0 aliphatic carbocycles. The van der Waals surface area contributed by atoms with Gasteiger partial charge in [0, 0.05) is 36.5 Å². The maximum Gasteiger partial charge on any atom is 0.251 e. The number of H-pyrrole nitrogens is 1. The molecule has 1 aliphatic rings. The average Bonchev–Trinajstić information content (AvgIpc) is 3.05. The summed E-state index contributed by atoms with van der Waals surface area (Å²) in [4.78, 5) is 12.3. The zero-order valence-corrected chi connectivity index (χ0v) is 16.6. The van der Waals surface area contributed by atoms with E-state index < -0.39 is 10.0 Å². The third-order valence-corrected chi connectivity index (χ3v) is 6.46. The molecule has 8 heteroatoms. The first kappa shape index (κ1) is 19.6. The largest absolute Gasteiger partial charge is 0.348 e. The summed E-state index contributed by atoms with van der Waals surface area (Å²) in [5.41, 5.74) is 3.73. The number of nitrogens with zero attached hydrogens (tertiary/aromatic N) is 2. The molecule has 146 valence electrons. The van der Waals surface area contributed by atoms with Gasteiger partial charge in [-0.05, 0) is 49.8 Å². The van der Waals surface area contributed by atoms with Crippen LogP contribution in [-0.4, -0.2) is 48.2 Å². The van der Waals surface area contributed by atoms with Crippen LogP contribution in [0.4, 0.5) is 0 Å². The minimum Gasteiger partial charge on any atom is -0.348 e. The van der Waals surface area contributed by atoms with Gasteiger partial charge in [-0.1, -0.05) is 12.1 Å². The summed E-state index contributed by atoms with van der Waals surface area (Å²) in [5, 5.41) is 9.70. The van der Waals surface area contributed by atoms with Gasteiger partial charge in [0.25, 0.3) is 5.91 Å². The molecule has 2 aromatic rings. The lowest BCUT2D eigenvalue weighted by Gasteiger charge is -2.30. The summed E-state index contributed by atoms with van der Waals surface area (Å²) in [7, 11) is -3.08. The van der Waals surface area contributed by atoms with E-state index in [9.17, 15) is 13.2 Å². The van der Waals surface area contributed by atoms with Crippen molar-refractivity contribution in [2.24, 2.45) is 5.92 Å². The van der Waals surface area contributed by atoms with E-state index in [0.29, 0.717) is 31.1 Å². The van der Waals surface area contributed by atoms with E-state index in [1.165, 1.54) is 11.8 Å². The summed E-state index contributed by atoms with van der Waals surface area (Å²) in [6.45, 7) is 3.56. The Bertz CT molecular complexity index is 882. The lowest BCUT2D eigenvalue weighted by atomic mass is 9.91. The van der Waals surface area contributed by atoms with Gasteiger partial charge in [0.05, 0.1) is 12.5 Å². The summed E-state index contributed by atoms with van der Waals surface area (Å²) >= 11 is 0. The molecule has 1 aromatic heterocycles. The molecule has 1 aliphatic heterocycles. The van der Waals surface area contributed by atoms with Crippen molar-refractivity contribution >= 4 is 15.9 Å². The van der Waals surface area contributed by atoms with Gasteiger partial charge >= 0.3 is 0 Å². The Labute approximate surface area is 160 Å². The molecule has 27 heavy (non-hydrogen) atoms. The fourth-order valence-corrected chi connectivity index (χ4v) is 4.28. The number of nitrogens with one attached hydrogen (secondary N) is 2. The molecule has 0 radical (unpaired) electrons. The first-order valence-corrected chi connectivity index (χ1v) is 11.0. The number of aromatic amines is 1. The number of amides is 1. The van der Waals surface area contributed by atoms with Crippen molar-refractivity contribution in [2.75, 3.05) is 19.3 Å². The van der Waals surface area contributed by atoms with Gasteiger partial charge in [-0.25, -0.2) is 12.7 Å². The van der Waals surface area contributed by atoms with Gasteiger partial charge in [-0.2, -0.15) is 5.10 Å². The van der Waals surface area contributed by atoms with E-state index in [1.54, 1.807) is 10.5 Å². The molecule has 2 heterocycles. The highest BCUT2D eigenvalue weighted by Crippen LogP contribution is 2.23. The highest BCUT2D eigenvalue weighted by molar-refractivity contribution is 7.88. The Morgan fingerprint density at radius 3 is 2.48 bits per heavy atom. The van der Waals surface area contributed by atoms with Gasteiger partial charge in [0.2, 0.25) is 10.0 Å². The second-order valence-corrected chi connectivity index (χ2v) is 9.19. The molecular weight excluding hydrogens is 364 g/mol. The lowest BCUT2D eigenvalue weighted by molar-refractivity contribution is 0.0951. The molecule has 0 spiro atoms. The molecule has 0 atom stereocenters. The SMILES string of the molecule is Cc1[nH]ncc1CNC(=O)c1ccc(CC2CCN(S(C)(=O)=O)CC2)cc1. The van der Waals surface area contributed by atoms with Crippen LogP contribution in [-0.2, 0) is 23.0 Å². The van der Waals surface area contributed by atoms with Gasteiger partial charge in [-0.15, -0.1) is 0 Å². The number of hydrogen-bond acceptors (Lipinski definition) is 4. The Kier molecular flexibility index (Phi) is 5.96. The highest BCUT2D eigenvalue weighted by atomic mass is 32.2. The number of piperidine rings is 1. The van der Waals surface area contributed by atoms with E-state index in [0.717, 1.165) is 30.5 Å². The van der Waals surface area contributed by atoms with E-state index >= 15 is 0 Å². The summed E-state index contributed by atoms with van der Waals surface area (Å²) < 4.78 is 24.7. The monoisotopic (exact) mass is 390 g/mol. The van der Waals surface area contributed by atoms with Crippen molar-refractivity contribution in [1.29, 1.82) is 0 Å². The van der Waals surface area contributed by atoms with E-state index in [2.05, 4.69) is 15.5 Å². The maximum absolute atomic E-state index is 12.3. The fourth-order valence-electron chi connectivity index (χ4n) is 3.40. The van der Waals surface area contributed by atoms with Crippen molar-refractivity contribution in [3.05, 3.63) is 52.8 Å². The number of hydrogen-bond donors (Lipinski definition) is 2. The predicted molar refractivity (Wildman–Crippen MR) is 104 cm³/mol. The number of aryl methyl sites for hydroxylation is 1. The van der Waals surface area contributed by atoms with Gasteiger partial charge in [0.15, 0.2) is 0 Å². The van der Waals surface area contributed by atoms with Crippen LogP contribution in [0.15, 0.2) is 30.5 Å². The van der Waals surface area contributed by atoms with Crippen LogP contribution in [0, 0.1) is 12.8 Å². The van der Waals surface area contributed by atoms with Crippen LogP contribution >= 0.6 is 0 Å². The molecule has 1 saturated heterocycles. The van der Waals surface area contributed by atoms with Gasteiger partial charge < -0.3 is 5.32 Å². The van der Waals surface area contributed by atoms with Crippen LogP contribution < -0.4 is 5.32 Å². The third-order valence-electron chi connectivity index (χ3n) is 5.16. The minimum atomic E-state index is -3.08. The van der Waals surface area contributed by atoms with E-state index in [-0.39, 0.29) is 5.91 Å². The second-order valence-electron chi connectivity index (χ2n) is 7.21. The lowest BCUT2D eigenvalue weighted by Crippen LogP contribution is -2.38. The molecule has 7 nitrogen and oxygen atoms in total. The van der Waals surface area contributed by atoms with Crippen LogP contribution in [0.1, 0.15) is 40.0 Å². The smallest absolute Gasteiger partial charge is 0.251 e. The van der Waals surface area contributed by atoms with Crippen molar-refractivity contribution < 1.29 is 13.2 Å². The molecule has 1 aromatic carbocycles. The van der Waals surface area contributed by atoms with Crippen molar-refractivity contribution in [2.45, 2.75) is 32.7 Å². The third kappa shape index (κ3) is 5.17. The normalized spacial score (nSPS) is 16.4. The Morgan fingerprint density at radius 1 is 1.26 bits per heavy atom. The first-order valence-electron chi connectivity index (χ1n) is 9.14. The quantitative estimate of drug-likeness (QED) is 0.787. The van der Waals surface area contributed by atoms with Crippen LogP contribution in [0.3, 0.4) is 0 Å². The Balaban J connectivity index is 1.50. The Hall–Kier alpha value is -2.19. The number of carbonyl (C=O) groups excluding carboxylic acids is 1. The Morgan fingerprint density at radius 2 is 1.93 bits per heavy atom. The first-order chi connectivity index (χ1) is 12.8.